The number of aromatic nitrogens is 2. The lowest BCUT2D eigenvalue weighted by molar-refractivity contribution is 0.416. The van der Waals surface area contributed by atoms with Gasteiger partial charge in [0.2, 0.25) is 0 Å². The minimum Gasteiger partial charge on any atom is -0.496 e. The number of nitrogens with zero attached hydrogens (tertiary/aromatic N) is 1. The number of nitrogens with one attached hydrogen (secondary N) is 2. The van der Waals surface area contributed by atoms with Crippen LogP contribution in [0.15, 0.2) is 18.2 Å². The van der Waals surface area contributed by atoms with E-state index in [2.05, 4.69) is 36.3 Å². The summed E-state index contributed by atoms with van der Waals surface area (Å²) >= 11 is 0. The van der Waals surface area contributed by atoms with Gasteiger partial charge in [0.25, 0.3) is 0 Å². The van der Waals surface area contributed by atoms with Gasteiger partial charge >= 0.3 is 0 Å². The van der Waals surface area contributed by atoms with Crippen molar-refractivity contribution in [1.82, 2.24) is 15.3 Å². The molecule has 0 atom stereocenters. The fraction of sp³-hybridized carbons (Fsp3) is 0.400. The van der Waals surface area contributed by atoms with Crippen molar-refractivity contribution in [3.63, 3.8) is 0 Å². The highest BCUT2D eigenvalue weighted by Crippen LogP contribution is 2.33. The van der Waals surface area contributed by atoms with E-state index in [1.807, 2.05) is 6.07 Å². The lowest BCUT2D eigenvalue weighted by atomic mass is 10.0. The van der Waals surface area contributed by atoms with Crippen LogP contribution in [0.2, 0.25) is 0 Å². The largest absolute Gasteiger partial charge is 0.496 e. The summed E-state index contributed by atoms with van der Waals surface area (Å²) in [4.78, 5) is 8.19. The Kier molecular flexibility index (Phi) is 3.03. The van der Waals surface area contributed by atoms with Crippen LogP contribution in [0.1, 0.15) is 23.0 Å². The Morgan fingerprint density at radius 2 is 2.05 bits per heavy atom. The zero-order chi connectivity index (χ0) is 13.4. The number of hydrogen-bond donors (Lipinski definition) is 2. The van der Waals surface area contributed by atoms with Crippen molar-refractivity contribution in [2.45, 2.75) is 19.8 Å². The second-order valence-corrected chi connectivity index (χ2v) is 5.15. The number of aromatic amines is 1. The van der Waals surface area contributed by atoms with Crippen LogP contribution in [-0.2, 0) is 0 Å². The number of H-pyrrole nitrogens is 1. The maximum Gasteiger partial charge on any atom is 0.128 e. The molecule has 0 amide bonds. The average Bonchev–Trinajstić information content (AvgIpc) is 2.68. The fourth-order valence-electron chi connectivity index (χ4n) is 2.43. The normalized spacial score (nSPS) is 15.3. The molecule has 1 fully saturated rings. The van der Waals surface area contributed by atoms with Gasteiger partial charge in [-0.05, 0) is 26.0 Å². The SMILES string of the molecule is COc1ccc(C)cc1-c1nc(C2CNC2)[nH]c1C. The van der Waals surface area contributed by atoms with E-state index in [0.29, 0.717) is 5.92 Å². The van der Waals surface area contributed by atoms with Crippen LogP contribution in [0.5, 0.6) is 5.75 Å². The Hall–Kier alpha value is -1.81. The Morgan fingerprint density at radius 1 is 1.26 bits per heavy atom. The number of imidazole rings is 1. The Morgan fingerprint density at radius 3 is 2.68 bits per heavy atom. The number of ether oxygens (including phenoxy) is 1. The predicted molar refractivity (Wildman–Crippen MR) is 75.7 cm³/mol. The van der Waals surface area contributed by atoms with Crippen LogP contribution >= 0.6 is 0 Å². The first-order chi connectivity index (χ1) is 9.19. The maximum absolute atomic E-state index is 5.45. The highest BCUT2D eigenvalue weighted by molar-refractivity contribution is 5.70. The van der Waals surface area contributed by atoms with Crippen LogP contribution < -0.4 is 10.1 Å². The van der Waals surface area contributed by atoms with Gasteiger partial charge in [0, 0.05) is 30.3 Å². The van der Waals surface area contributed by atoms with Crippen LogP contribution in [-0.4, -0.2) is 30.2 Å². The molecule has 1 saturated heterocycles. The van der Waals surface area contributed by atoms with Gasteiger partial charge < -0.3 is 15.0 Å². The van der Waals surface area contributed by atoms with E-state index in [1.165, 1.54) is 5.56 Å². The molecule has 2 N–H and O–H groups in total. The summed E-state index contributed by atoms with van der Waals surface area (Å²) in [6, 6.07) is 6.19. The monoisotopic (exact) mass is 257 g/mol. The molecule has 2 aromatic rings. The summed E-state index contributed by atoms with van der Waals surface area (Å²) in [6.07, 6.45) is 0. The Balaban J connectivity index is 2.05. The van der Waals surface area contributed by atoms with Gasteiger partial charge in [-0.3, -0.25) is 0 Å². The zero-order valence-corrected chi connectivity index (χ0v) is 11.6. The molecule has 0 bridgehead atoms. The molecule has 2 heterocycles. The summed E-state index contributed by atoms with van der Waals surface area (Å²) in [5.41, 5.74) is 4.38. The van der Waals surface area contributed by atoms with E-state index in [9.17, 15) is 0 Å². The van der Waals surface area contributed by atoms with Crippen molar-refractivity contribution < 1.29 is 4.74 Å². The van der Waals surface area contributed by atoms with Crippen molar-refractivity contribution in [1.29, 1.82) is 0 Å². The second kappa shape index (κ2) is 4.70. The summed E-state index contributed by atoms with van der Waals surface area (Å²) in [5.74, 6) is 2.47. The summed E-state index contributed by atoms with van der Waals surface area (Å²) in [7, 11) is 1.70. The van der Waals surface area contributed by atoms with E-state index < -0.39 is 0 Å². The highest BCUT2D eigenvalue weighted by atomic mass is 16.5. The minimum absolute atomic E-state index is 0.517. The van der Waals surface area contributed by atoms with Gasteiger partial charge in [-0.25, -0.2) is 4.98 Å². The van der Waals surface area contributed by atoms with Crippen molar-refractivity contribution >= 4 is 0 Å². The first-order valence-electron chi connectivity index (χ1n) is 6.61. The first kappa shape index (κ1) is 12.2. The molecule has 1 aliphatic heterocycles. The number of rotatable bonds is 3. The van der Waals surface area contributed by atoms with Crippen LogP contribution in [0.3, 0.4) is 0 Å². The van der Waals surface area contributed by atoms with Gasteiger partial charge in [-0.15, -0.1) is 0 Å². The third-order valence-electron chi connectivity index (χ3n) is 3.68. The zero-order valence-electron chi connectivity index (χ0n) is 11.6. The van der Waals surface area contributed by atoms with Crippen molar-refractivity contribution in [3.05, 3.63) is 35.3 Å². The quantitative estimate of drug-likeness (QED) is 0.887. The van der Waals surface area contributed by atoms with Gasteiger partial charge in [0.1, 0.15) is 11.6 Å². The van der Waals surface area contributed by atoms with E-state index in [0.717, 1.165) is 41.6 Å². The molecule has 0 unspecified atom stereocenters. The topological polar surface area (TPSA) is 49.9 Å². The van der Waals surface area contributed by atoms with Crippen LogP contribution in [0.25, 0.3) is 11.3 Å². The smallest absolute Gasteiger partial charge is 0.128 e. The minimum atomic E-state index is 0.517. The molecule has 4 heteroatoms. The molecule has 100 valence electrons. The highest BCUT2D eigenvalue weighted by Gasteiger charge is 2.24. The summed E-state index contributed by atoms with van der Waals surface area (Å²) < 4.78 is 5.45. The standard InChI is InChI=1S/C15H19N3O/c1-9-4-5-13(19-3)12(6-9)14-10(2)17-15(18-14)11-7-16-8-11/h4-6,11,16H,7-8H2,1-3H3,(H,17,18). The molecule has 1 aromatic heterocycles. The van der Waals surface area contributed by atoms with E-state index in [4.69, 9.17) is 9.72 Å². The molecular weight excluding hydrogens is 238 g/mol. The molecule has 4 nitrogen and oxygen atoms in total. The number of benzene rings is 1. The lowest BCUT2D eigenvalue weighted by Gasteiger charge is -2.24. The number of methoxy groups -OCH3 is 1. The predicted octanol–water partition coefficient (Wildman–Crippen LogP) is 2.39. The van der Waals surface area contributed by atoms with E-state index in [1.54, 1.807) is 7.11 Å². The van der Waals surface area contributed by atoms with E-state index in [-0.39, 0.29) is 0 Å². The average molecular weight is 257 g/mol. The van der Waals surface area contributed by atoms with Crippen LogP contribution in [0.4, 0.5) is 0 Å². The molecule has 1 aromatic carbocycles. The van der Waals surface area contributed by atoms with Gasteiger partial charge in [0.05, 0.1) is 12.8 Å². The summed E-state index contributed by atoms with van der Waals surface area (Å²) in [6.45, 7) is 6.18. The molecule has 0 aliphatic carbocycles. The second-order valence-electron chi connectivity index (χ2n) is 5.15. The molecule has 0 radical (unpaired) electrons. The molecule has 19 heavy (non-hydrogen) atoms. The van der Waals surface area contributed by atoms with Crippen molar-refractivity contribution in [2.24, 2.45) is 0 Å². The third kappa shape index (κ3) is 2.12. The van der Waals surface area contributed by atoms with Crippen LogP contribution in [0, 0.1) is 13.8 Å². The number of hydrogen-bond acceptors (Lipinski definition) is 3. The molecular formula is C15H19N3O. The fourth-order valence-corrected chi connectivity index (χ4v) is 2.43. The summed E-state index contributed by atoms with van der Waals surface area (Å²) in [5, 5.41) is 3.28. The van der Waals surface area contributed by atoms with E-state index >= 15 is 0 Å². The van der Waals surface area contributed by atoms with Crippen molar-refractivity contribution in [2.75, 3.05) is 20.2 Å². The van der Waals surface area contributed by atoms with Gasteiger partial charge in [-0.1, -0.05) is 11.6 Å². The van der Waals surface area contributed by atoms with Crippen molar-refractivity contribution in [3.8, 4) is 17.0 Å². The number of aryl methyl sites for hydroxylation is 2. The third-order valence-corrected chi connectivity index (χ3v) is 3.68. The maximum atomic E-state index is 5.45. The van der Waals surface area contributed by atoms with Gasteiger partial charge in [0.15, 0.2) is 0 Å². The molecule has 3 rings (SSSR count). The molecule has 0 spiro atoms. The molecule has 0 saturated carbocycles. The molecule has 1 aliphatic rings. The lowest BCUT2D eigenvalue weighted by Crippen LogP contribution is -2.40. The Labute approximate surface area is 113 Å². The first-order valence-corrected chi connectivity index (χ1v) is 6.61. The Bertz CT molecular complexity index is 599. The van der Waals surface area contributed by atoms with Gasteiger partial charge in [-0.2, -0.15) is 0 Å².